The number of carboxylic acids is 1. The van der Waals surface area contributed by atoms with Crippen LogP contribution < -0.4 is 4.90 Å². The number of aliphatic carboxylic acids is 1. The van der Waals surface area contributed by atoms with Crippen molar-refractivity contribution >= 4 is 22.6 Å². The molecule has 1 fully saturated rings. The van der Waals surface area contributed by atoms with Gasteiger partial charge in [-0.2, -0.15) is 4.37 Å². The van der Waals surface area contributed by atoms with E-state index in [4.69, 9.17) is 5.11 Å². The van der Waals surface area contributed by atoms with E-state index in [1.807, 2.05) is 0 Å². The minimum absolute atomic E-state index is 0.296. The van der Waals surface area contributed by atoms with Crippen LogP contribution in [0.2, 0.25) is 0 Å². The summed E-state index contributed by atoms with van der Waals surface area (Å²) in [6.07, 6.45) is 3.73. The zero-order valence-corrected chi connectivity index (χ0v) is 9.11. The lowest BCUT2D eigenvalue weighted by atomic mass is 9.94. The summed E-state index contributed by atoms with van der Waals surface area (Å²) in [5.41, 5.74) is 0. The second-order valence-corrected chi connectivity index (χ2v) is 4.51. The Balaban J connectivity index is 1.84. The van der Waals surface area contributed by atoms with Crippen LogP contribution in [0.15, 0.2) is 6.33 Å². The predicted molar refractivity (Wildman–Crippen MR) is 57.1 cm³/mol. The van der Waals surface area contributed by atoms with Crippen molar-refractivity contribution in [1.82, 2.24) is 9.36 Å². The first-order chi connectivity index (χ1) is 7.25. The molecule has 0 aromatic carbocycles. The van der Waals surface area contributed by atoms with Crippen molar-refractivity contribution in [2.24, 2.45) is 5.92 Å². The molecule has 0 saturated carbocycles. The Kier molecular flexibility index (Phi) is 3.15. The van der Waals surface area contributed by atoms with Crippen molar-refractivity contribution in [2.75, 3.05) is 18.0 Å². The number of rotatable bonds is 3. The summed E-state index contributed by atoms with van der Waals surface area (Å²) in [6, 6.07) is 0. The summed E-state index contributed by atoms with van der Waals surface area (Å²) in [6.45, 7) is 1.79. The molecule has 0 atom stereocenters. The van der Waals surface area contributed by atoms with Crippen molar-refractivity contribution in [3.05, 3.63) is 6.33 Å². The summed E-state index contributed by atoms with van der Waals surface area (Å²) >= 11 is 1.39. The summed E-state index contributed by atoms with van der Waals surface area (Å²) in [4.78, 5) is 16.9. The van der Waals surface area contributed by atoms with E-state index >= 15 is 0 Å². The van der Waals surface area contributed by atoms with Gasteiger partial charge < -0.3 is 10.0 Å². The first-order valence-electron chi connectivity index (χ1n) is 4.99. The maximum Gasteiger partial charge on any atom is 0.303 e. The van der Waals surface area contributed by atoms with Crippen LogP contribution in [0.25, 0.3) is 0 Å². The van der Waals surface area contributed by atoms with Gasteiger partial charge in [0.2, 0.25) is 5.13 Å². The van der Waals surface area contributed by atoms with E-state index in [0.29, 0.717) is 12.3 Å². The summed E-state index contributed by atoms with van der Waals surface area (Å²) in [7, 11) is 0. The number of aromatic nitrogens is 2. The SMILES string of the molecule is O=C(O)CC1CCN(c2ncns2)CC1. The number of carbonyl (C=O) groups is 1. The first kappa shape index (κ1) is 10.4. The average Bonchev–Trinajstić information content (AvgIpc) is 2.71. The molecule has 1 saturated heterocycles. The van der Waals surface area contributed by atoms with Gasteiger partial charge in [0, 0.05) is 31.0 Å². The molecule has 82 valence electrons. The van der Waals surface area contributed by atoms with Gasteiger partial charge in [0.15, 0.2) is 0 Å². The van der Waals surface area contributed by atoms with Gasteiger partial charge in [0.05, 0.1) is 0 Å². The van der Waals surface area contributed by atoms with E-state index in [1.54, 1.807) is 6.33 Å². The zero-order chi connectivity index (χ0) is 10.7. The molecule has 0 bridgehead atoms. The predicted octanol–water partition coefficient (Wildman–Crippen LogP) is 1.23. The summed E-state index contributed by atoms with van der Waals surface area (Å²) in [5.74, 6) is -0.365. The van der Waals surface area contributed by atoms with Crippen LogP contribution in [-0.4, -0.2) is 33.5 Å². The highest BCUT2D eigenvalue weighted by molar-refractivity contribution is 7.09. The fraction of sp³-hybridized carbons (Fsp3) is 0.667. The van der Waals surface area contributed by atoms with Crippen LogP contribution in [0, 0.1) is 5.92 Å². The van der Waals surface area contributed by atoms with E-state index in [9.17, 15) is 4.79 Å². The van der Waals surface area contributed by atoms with Gasteiger partial charge in [-0.15, -0.1) is 0 Å². The normalized spacial score (nSPS) is 18.0. The Morgan fingerprint density at radius 1 is 1.60 bits per heavy atom. The van der Waals surface area contributed by atoms with Gasteiger partial charge in [-0.05, 0) is 18.8 Å². The third kappa shape index (κ3) is 2.65. The quantitative estimate of drug-likeness (QED) is 0.841. The summed E-state index contributed by atoms with van der Waals surface area (Å²) in [5, 5.41) is 9.63. The van der Waals surface area contributed by atoms with Crippen molar-refractivity contribution in [3.8, 4) is 0 Å². The van der Waals surface area contributed by atoms with Crippen LogP contribution in [0.4, 0.5) is 5.13 Å². The van der Waals surface area contributed by atoms with Gasteiger partial charge in [-0.3, -0.25) is 4.79 Å². The molecule has 0 spiro atoms. The third-order valence-electron chi connectivity index (χ3n) is 2.70. The Morgan fingerprint density at radius 3 is 2.87 bits per heavy atom. The average molecular weight is 227 g/mol. The second-order valence-electron chi connectivity index (χ2n) is 3.75. The molecule has 0 radical (unpaired) electrons. The fourth-order valence-electron chi connectivity index (χ4n) is 1.88. The Hall–Kier alpha value is -1.17. The van der Waals surface area contributed by atoms with E-state index in [-0.39, 0.29) is 0 Å². The maximum atomic E-state index is 10.5. The molecule has 15 heavy (non-hydrogen) atoms. The van der Waals surface area contributed by atoms with Gasteiger partial charge >= 0.3 is 5.97 Å². The van der Waals surface area contributed by atoms with E-state index in [2.05, 4.69) is 14.3 Å². The molecule has 0 amide bonds. The van der Waals surface area contributed by atoms with Gasteiger partial charge in [0.1, 0.15) is 6.33 Å². The lowest BCUT2D eigenvalue weighted by Gasteiger charge is -2.30. The molecule has 2 rings (SSSR count). The van der Waals surface area contributed by atoms with Crippen molar-refractivity contribution in [3.63, 3.8) is 0 Å². The minimum atomic E-state index is -0.690. The van der Waals surface area contributed by atoms with E-state index < -0.39 is 5.97 Å². The number of carboxylic acid groups (broad SMARTS) is 1. The second kappa shape index (κ2) is 4.57. The molecule has 1 aliphatic rings. The number of hydrogen-bond acceptors (Lipinski definition) is 5. The highest BCUT2D eigenvalue weighted by Gasteiger charge is 2.22. The zero-order valence-electron chi connectivity index (χ0n) is 8.30. The van der Waals surface area contributed by atoms with E-state index in [1.165, 1.54) is 11.5 Å². The molecule has 5 nitrogen and oxygen atoms in total. The number of nitrogens with zero attached hydrogens (tertiary/aromatic N) is 3. The molecule has 0 aliphatic carbocycles. The van der Waals surface area contributed by atoms with Crippen LogP contribution in [0.5, 0.6) is 0 Å². The standard InChI is InChI=1S/C9H13N3O2S/c13-8(14)5-7-1-3-12(4-2-7)9-10-6-11-15-9/h6-7H,1-5H2,(H,13,14). The first-order valence-corrected chi connectivity index (χ1v) is 5.76. The lowest BCUT2D eigenvalue weighted by Crippen LogP contribution is -2.34. The number of hydrogen-bond donors (Lipinski definition) is 1. The number of piperidine rings is 1. The molecule has 2 heterocycles. The van der Waals surface area contributed by atoms with Gasteiger partial charge in [0.25, 0.3) is 0 Å². The molecule has 6 heteroatoms. The monoisotopic (exact) mass is 227 g/mol. The molecule has 1 aromatic heterocycles. The lowest BCUT2D eigenvalue weighted by molar-refractivity contribution is -0.138. The highest BCUT2D eigenvalue weighted by atomic mass is 32.1. The minimum Gasteiger partial charge on any atom is -0.481 e. The van der Waals surface area contributed by atoms with Crippen molar-refractivity contribution in [2.45, 2.75) is 19.3 Å². The van der Waals surface area contributed by atoms with Crippen molar-refractivity contribution in [1.29, 1.82) is 0 Å². The molecular formula is C9H13N3O2S. The largest absolute Gasteiger partial charge is 0.481 e. The Morgan fingerprint density at radius 2 is 2.33 bits per heavy atom. The molecule has 1 N–H and O–H groups in total. The summed E-state index contributed by atoms with van der Waals surface area (Å²) < 4.78 is 3.96. The molecular weight excluding hydrogens is 214 g/mol. The van der Waals surface area contributed by atoms with Crippen LogP contribution >= 0.6 is 11.5 Å². The molecule has 1 aliphatic heterocycles. The van der Waals surface area contributed by atoms with Crippen LogP contribution in [-0.2, 0) is 4.79 Å². The van der Waals surface area contributed by atoms with Gasteiger partial charge in [-0.1, -0.05) is 0 Å². The highest BCUT2D eigenvalue weighted by Crippen LogP contribution is 2.25. The molecule has 0 unspecified atom stereocenters. The fourth-order valence-corrected chi connectivity index (χ4v) is 2.46. The third-order valence-corrected chi connectivity index (χ3v) is 3.42. The van der Waals surface area contributed by atoms with E-state index in [0.717, 1.165) is 31.1 Å². The number of anilines is 1. The molecule has 1 aromatic rings. The topological polar surface area (TPSA) is 66.3 Å². The van der Waals surface area contributed by atoms with Crippen molar-refractivity contribution < 1.29 is 9.90 Å². The van der Waals surface area contributed by atoms with Crippen LogP contribution in [0.3, 0.4) is 0 Å². The smallest absolute Gasteiger partial charge is 0.303 e. The Bertz CT molecular complexity index is 320. The van der Waals surface area contributed by atoms with Gasteiger partial charge in [-0.25, -0.2) is 4.98 Å². The maximum absolute atomic E-state index is 10.5. The van der Waals surface area contributed by atoms with Crippen LogP contribution in [0.1, 0.15) is 19.3 Å². The Labute approximate surface area is 91.9 Å².